The van der Waals surface area contributed by atoms with Gasteiger partial charge in [0.1, 0.15) is 11.6 Å². The lowest BCUT2D eigenvalue weighted by Crippen LogP contribution is -2.25. The topological polar surface area (TPSA) is 68.0 Å². The molecule has 148 valence electrons. The van der Waals surface area contributed by atoms with Crippen LogP contribution < -0.4 is 14.9 Å². The Bertz CT molecular complexity index is 1180. The highest BCUT2D eigenvalue weighted by Gasteiger charge is 2.18. The molecule has 1 amide bonds. The van der Waals surface area contributed by atoms with Crippen molar-refractivity contribution in [2.75, 3.05) is 18.5 Å². The third-order valence-electron chi connectivity index (χ3n) is 4.38. The van der Waals surface area contributed by atoms with Crippen molar-refractivity contribution in [2.24, 2.45) is 10.1 Å². The number of carbonyl (C=O) groups is 1. The summed E-state index contributed by atoms with van der Waals surface area (Å²) in [5, 5.41) is 9.50. The first kappa shape index (κ1) is 19.1. The van der Waals surface area contributed by atoms with E-state index in [1.54, 1.807) is 10.7 Å². The smallest absolute Gasteiger partial charge is 0.262 e. The van der Waals surface area contributed by atoms with Crippen LogP contribution in [0.2, 0.25) is 0 Å². The largest absolute Gasteiger partial charge is 0.482 e. The van der Waals surface area contributed by atoms with E-state index >= 15 is 0 Å². The molecule has 0 unspecified atom stereocenters. The van der Waals surface area contributed by atoms with E-state index in [1.807, 2.05) is 43.5 Å². The third-order valence-corrected chi connectivity index (χ3v) is 5.23. The van der Waals surface area contributed by atoms with Gasteiger partial charge < -0.3 is 10.1 Å². The van der Waals surface area contributed by atoms with Gasteiger partial charge in [0.25, 0.3) is 5.91 Å². The second-order valence-corrected chi connectivity index (χ2v) is 7.27. The molecule has 3 aromatic rings. The fraction of sp³-hybridized carbons (Fsp3) is 0.190. The summed E-state index contributed by atoms with van der Waals surface area (Å²) >= 11 is 1.47. The van der Waals surface area contributed by atoms with Gasteiger partial charge >= 0.3 is 0 Å². The van der Waals surface area contributed by atoms with Gasteiger partial charge in [0.05, 0.1) is 17.1 Å². The second kappa shape index (κ2) is 8.00. The van der Waals surface area contributed by atoms with Crippen LogP contribution in [-0.2, 0) is 4.79 Å². The number of hydrogen-bond donors (Lipinski definition) is 1. The number of anilines is 1. The molecule has 4 rings (SSSR count). The number of benzene rings is 2. The van der Waals surface area contributed by atoms with Crippen molar-refractivity contribution in [3.8, 4) is 17.0 Å². The average molecular weight is 410 g/mol. The molecular formula is C21H19FN4O2S. The number of halogens is 1. The minimum absolute atomic E-state index is 0.0153. The molecule has 6 nitrogen and oxygen atoms in total. The van der Waals surface area contributed by atoms with Crippen LogP contribution in [0.3, 0.4) is 0 Å². The lowest BCUT2D eigenvalue weighted by molar-refractivity contribution is -0.118. The minimum atomic E-state index is -0.309. The summed E-state index contributed by atoms with van der Waals surface area (Å²) in [7, 11) is 0. The SMILES string of the molecule is CCN=c1scc(-c2ccc3c(c2)NC(=O)CO3)n1N=C(C)c1cccc(F)c1. The van der Waals surface area contributed by atoms with Crippen molar-refractivity contribution in [3.63, 3.8) is 0 Å². The Morgan fingerprint density at radius 2 is 2.17 bits per heavy atom. The Hall–Kier alpha value is -3.26. The van der Waals surface area contributed by atoms with Crippen molar-refractivity contribution in [3.05, 3.63) is 64.0 Å². The van der Waals surface area contributed by atoms with Gasteiger partial charge in [-0.2, -0.15) is 5.10 Å². The number of fused-ring (bicyclic) bond motifs is 1. The minimum Gasteiger partial charge on any atom is -0.482 e. The van der Waals surface area contributed by atoms with E-state index in [0.717, 1.165) is 16.1 Å². The Kier molecular flexibility index (Phi) is 5.26. The first-order valence-electron chi connectivity index (χ1n) is 9.15. The van der Waals surface area contributed by atoms with Crippen LogP contribution in [0, 0.1) is 5.82 Å². The molecule has 29 heavy (non-hydrogen) atoms. The predicted octanol–water partition coefficient (Wildman–Crippen LogP) is 3.88. The fourth-order valence-corrected chi connectivity index (χ4v) is 3.90. The van der Waals surface area contributed by atoms with Gasteiger partial charge in [0.2, 0.25) is 4.80 Å². The van der Waals surface area contributed by atoms with Gasteiger partial charge in [0, 0.05) is 23.1 Å². The van der Waals surface area contributed by atoms with Crippen LogP contribution in [0.4, 0.5) is 10.1 Å². The molecule has 0 fully saturated rings. The second-order valence-electron chi connectivity index (χ2n) is 6.43. The summed E-state index contributed by atoms with van der Waals surface area (Å²) in [6.07, 6.45) is 0. The molecule has 2 heterocycles. The molecule has 1 aliphatic heterocycles. The van der Waals surface area contributed by atoms with Crippen molar-refractivity contribution in [2.45, 2.75) is 13.8 Å². The fourth-order valence-electron chi connectivity index (χ4n) is 3.00. The zero-order chi connectivity index (χ0) is 20.4. The number of nitrogens with one attached hydrogen (secondary N) is 1. The van der Waals surface area contributed by atoms with E-state index in [2.05, 4.69) is 10.3 Å². The van der Waals surface area contributed by atoms with Gasteiger partial charge in [-0.25, -0.2) is 9.07 Å². The van der Waals surface area contributed by atoms with Crippen LogP contribution in [0.1, 0.15) is 19.4 Å². The van der Waals surface area contributed by atoms with Crippen LogP contribution in [0.15, 0.2) is 57.9 Å². The first-order valence-corrected chi connectivity index (χ1v) is 10.0. The number of ether oxygens (including phenoxy) is 1. The van der Waals surface area contributed by atoms with Crippen molar-refractivity contribution < 1.29 is 13.9 Å². The molecule has 1 aromatic heterocycles. The summed E-state index contributed by atoms with van der Waals surface area (Å²) in [4.78, 5) is 16.9. The quantitative estimate of drug-likeness (QED) is 0.664. The maximum Gasteiger partial charge on any atom is 0.262 e. The lowest BCUT2D eigenvalue weighted by atomic mass is 10.1. The van der Waals surface area contributed by atoms with Gasteiger partial charge in [-0.05, 0) is 44.2 Å². The molecule has 1 aliphatic rings. The van der Waals surface area contributed by atoms with E-state index in [-0.39, 0.29) is 18.3 Å². The third kappa shape index (κ3) is 3.97. The van der Waals surface area contributed by atoms with Crippen molar-refractivity contribution >= 4 is 28.6 Å². The molecule has 1 N–H and O–H groups in total. The number of nitrogens with zero attached hydrogens (tertiary/aromatic N) is 3. The van der Waals surface area contributed by atoms with Crippen molar-refractivity contribution in [1.82, 2.24) is 4.68 Å². The summed E-state index contributed by atoms with van der Waals surface area (Å²) in [5.74, 6) is 0.138. The number of thiazole rings is 1. The predicted molar refractivity (Wildman–Crippen MR) is 112 cm³/mol. The molecule has 0 spiro atoms. The number of amides is 1. The molecule has 0 atom stereocenters. The van der Waals surface area contributed by atoms with E-state index in [9.17, 15) is 9.18 Å². The molecule has 0 saturated carbocycles. The Morgan fingerprint density at radius 3 is 2.97 bits per heavy atom. The van der Waals surface area contributed by atoms with E-state index < -0.39 is 0 Å². The van der Waals surface area contributed by atoms with E-state index in [0.29, 0.717) is 29.3 Å². The Morgan fingerprint density at radius 1 is 1.31 bits per heavy atom. The zero-order valence-corrected chi connectivity index (χ0v) is 16.8. The summed E-state index contributed by atoms with van der Waals surface area (Å²) in [6, 6.07) is 11.9. The maximum absolute atomic E-state index is 13.6. The highest BCUT2D eigenvalue weighted by molar-refractivity contribution is 7.07. The van der Waals surface area contributed by atoms with Gasteiger partial charge in [-0.15, -0.1) is 11.3 Å². The molecule has 8 heteroatoms. The summed E-state index contributed by atoms with van der Waals surface area (Å²) in [6.45, 7) is 4.42. The lowest BCUT2D eigenvalue weighted by Gasteiger charge is -2.18. The average Bonchev–Trinajstić information content (AvgIpc) is 3.10. The van der Waals surface area contributed by atoms with Crippen LogP contribution >= 0.6 is 11.3 Å². The standard InChI is InChI=1S/C21H19FN4O2S/c1-3-23-21-26(25-13(2)14-5-4-6-16(22)9-14)18(12-29-21)15-7-8-19-17(10-15)24-20(27)11-28-19/h4-10,12H,3,11H2,1-2H3,(H,24,27). The zero-order valence-electron chi connectivity index (χ0n) is 16.0. The normalized spacial score (nSPS) is 14.4. The molecule has 0 saturated heterocycles. The van der Waals surface area contributed by atoms with Crippen LogP contribution in [-0.4, -0.2) is 29.4 Å². The Labute approximate surface area is 171 Å². The highest BCUT2D eigenvalue weighted by Crippen LogP contribution is 2.33. The van der Waals surface area contributed by atoms with Gasteiger partial charge in [-0.3, -0.25) is 9.79 Å². The molecule has 0 bridgehead atoms. The molecular weight excluding hydrogens is 391 g/mol. The molecule has 0 aliphatic carbocycles. The molecule has 2 aromatic carbocycles. The summed E-state index contributed by atoms with van der Waals surface area (Å²) < 4.78 is 20.8. The van der Waals surface area contributed by atoms with Gasteiger partial charge in [-0.1, -0.05) is 12.1 Å². The molecule has 0 radical (unpaired) electrons. The van der Waals surface area contributed by atoms with E-state index in [1.165, 1.54) is 23.5 Å². The number of aromatic nitrogens is 1. The van der Waals surface area contributed by atoms with Crippen molar-refractivity contribution in [1.29, 1.82) is 0 Å². The van der Waals surface area contributed by atoms with Crippen LogP contribution in [0.5, 0.6) is 5.75 Å². The van der Waals surface area contributed by atoms with Gasteiger partial charge in [0.15, 0.2) is 6.61 Å². The Balaban J connectivity index is 1.82. The summed E-state index contributed by atoms with van der Waals surface area (Å²) in [5.41, 5.74) is 3.66. The first-order chi connectivity index (χ1) is 14.0. The highest BCUT2D eigenvalue weighted by atomic mass is 32.1. The van der Waals surface area contributed by atoms with E-state index in [4.69, 9.17) is 9.84 Å². The monoisotopic (exact) mass is 410 g/mol. The number of rotatable bonds is 4. The van der Waals surface area contributed by atoms with Crippen LogP contribution in [0.25, 0.3) is 11.3 Å². The number of carbonyl (C=O) groups excluding carboxylic acids is 1. The maximum atomic E-state index is 13.6. The number of hydrogen-bond acceptors (Lipinski definition) is 5.